The van der Waals surface area contributed by atoms with Crippen molar-refractivity contribution in [3.05, 3.63) is 71.6 Å². The van der Waals surface area contributed by atoms with E-state index in [9.17, 15) is 18.4 Å². The quantitative estimate of drug-likeness (QED) is 0.697. The molecule has 8 heteroatoms. The Balaban J connectivity index is 1.82. The third-order valence-corrected chi connectivity index (χ3v) is 3.83. The average molecular weight is 371 g/mol. The normalized spacial score (nSPS) is 11.8. The lowest BCUT2D eigenvalue weighted by atomic mass is 10.1. The van der Waals surface area contributed by atoms with Crippen molar-refractivity contribution in [1.29, 1.82) is 0 Å². The van der Waals surface area contributed by atoms with Crippen molar-refractivity contribution < 1.29 is 23.1 Å². The van der Waals surface area contributed by atoms with Gasteiger partial charge in [-0.15, -0.1) is 0 Å². The first-order valence-electron chi connectivity index (χ1n) is 8.01. The van der Waals surface area contributed by atoms with Gasteiger partial charge >= 0.3 is 5.97 Å². The largest absolute Gasteiger partial charge is 0.467 e. The molecule has 3 aromatic rings. The number of aromatic nitrogens is 2. The van der Waals surface area contributed by atoms with Crippen LogP contribution in [0.2, 0.25) is 0 Å². The molecule has 1 atom stereocenters. The molecule has 0 aliphatic rings. The van der Waals surface area contributed by atoms with Gasteiger partial charge in [0.25, 0.3) is 5.91 Å². The summed E-state index contributed by atoms with van der Waals surface area (Å²) in [6.07, 6.45) is 1.50. The summed E-state index contributed by atoms with van der Waals surface area (Å²) in [6.45, 7) is 0. The highest BCUT2D eigenvalue weighted by Gasteiger charge is 2.24. The van der Waals surface area contributed by atoms with Crippen LogP contribution < -0.4 is 5.32 Å². The molecule has 1 amide bonds. The predicted octanol–water partition coefficient (Wildman–Crippen LogP) is 2.42. The fourth-order valence-electron chi connectivity index (χ4n) is 2.57. The number of hydrogen-bond acceptors (Lipinski definition) is 5. The first-order chi connectivity index (χ1) is 13.0. The number of nitrogens with zero attached hydrogens (tertiary/aromatic N) is 2. The standard InChI is InChI=1S/C19H15F2N3O3/c1-27-19(26)17(24-18(25)11-6-12(20)8-13(21)7-11)9-14-10-22-15-4-2-3-5-16(15)23-14/h2-8,10,17H,9H2,1H3,(H,24,25)/t17-/m1/s1. The van der Waals surface area contributed by atoms with Crippen LogP contribution >= 0.6 is 0 Å². The molecule has 27 heavy (non-hydrogen) atoms. The lowest BCUT2D eigenvalue weighted by Crippen LogP contribution is -2.43. The zero-order chi connectivity index (χ0) is 19.4. The smallest absolute Gasteiger partial charge is 0.328 e. The van der Waals surface area contributed by atoms with Crippen molar-refractivity contribution >= 4 is 22.9 Å². The van der Waals surface area contributed by atoms with E-state index in [2.05, 4.69) is 15.3 Å². The van der Waals surface area contributed by atoms with Crippen LogP contribution in [-0.4, -0.2) is 35.0 Å². The van der Waals surface area contributed by atoms with Crippen LogP contribution in [0.3, 0.4) is 0 Å². The molecule has 0 spiro atoms. The molecule has 0 bridgehead atoms. The van der Waals surface area contributed by atoms with E-state index in [4.69, 9.17) is 4.74 Å². The lowest BCUT2D eigenvalue weighted by molar-refractivity contribution is -0.142. The Bertz CT molecular complexity index is 990. The van der Waals surface area contributed by atoms with Crippen molar-refractivity contribution in [2.24, 2.45) is 0 Å². The van der Waals surface area contributed by atoms with Gasteiger partial charge in [-0.2, -0.15) is 0 Å². The Morgan fingerprint density at radius 1 is 1.11 bits per heavy atom. The molecule has 0 radical (unpaired) electrons. The number of halogens is 2. The number of carbonyl (C=O) groups excluding carboxylic acids is 2. The van der Waals surface area contributed by atoms with E-state index in [-0.39, 0.29) is 12.0 Å². The van der Waals surface area contributed by atoms with E-state index in [0.29, 0.717) is 22.8 Å². The second-order valence-corrected chi connectivity index (χ2v) is 5.76. The number of amides is 1. The zero-order valence-electron chi connectivity index (χ0n) is 14.3. The number of para-hydroxylation sites is 2. The molecule has 0 saturated carbocycles. The number of ether oxygens (including phenoxy) is 1. The van der Waals surface area contributed by atoms with Gasteiger partial charge < -0.3 is 10.1 Å². The summed E-state index contributed by atoms with van der Waals surface area (Å²) >= 11 is 0. The van der Waals surface area contributed by atoms with E-state index >= 15 is 0 Å². The Labute approximate surface area is 153 Å². The number of nitrogens with one attached hydrogen (secondary N) is 1. The van der Waals surface area contributed by atoms with Gasteiger partial charge in [-0.05, 0) is 24.3 Å². The topological polar surface area (TPSA) is 81.2 Å². The molecule has 6 nitrogen and oxygen atoms in total. The number of esters is 1. The van der Waals surface area contributed by atoms with Gasteiger partial charge in [-0.3, -0.25) is 9.78 Å². The maximum Gasteiger partial charge on any atom is 0.328 e. The second kappa shape index (κ2) is 7.86. The zero-order valence-corrected chi connectivity index (χ0v) is 14.3. The summed E-state index contributed by atoms with van der Waals surface area (Å²) in [7, 11) is 1.18. The molecule has 0 saturated heterocycles. The molecule has 2 aromatic carbocycles. The molecule has 0 fully saturated rings. The minimum atomic E-state index is -1.09. The van der Waals surface area contributed by atoms with E-state index in [1.807, 2.05) is 6.07 Å². The summed E-state index contributed by atoms with van der Waals surface area (Å²) in [4.78, 5) is 33.0. The Morgan fingerprint density at radius 3 is 2.44 bits per heavy atom. The third-order valence-electron chi connectivity index (χ3n) is 3.83. The van der Waals surface area contributed by atoms with Crippen molar-refractivity contribution in [3.63, 3.8) is 0 Å². The van der Waals surface area contributed by atoms with Gasteiger partial charge in [-0.25, -0.2) is 18.6 Å². The van der Waals surface area contributed by atoms with Crippen LogP contribution in [0.5, 0.6) is 0 Å². The monoisotopic (exact) mass is 371 g/mol. The highest BCUT2D eigenvalue weighted by molar-refractivity contribution is 5.96. The fraction of sp³-hybridized carbons (Fsp3) is 0.158. The Morgan fingerprint density at radius 2 is 1.78 bits per heavy atom. The van der Waals surface area contributed by atoms with Crippen LogP contribution in [0.15, 0.2) is 48.7 Å². The molecule has 1 aromatic heterocycles. The number of benzene rings is 2. The summed E-state index contributed by atoms with van der Waals surface area (Å²) in [5, 5.41) is 2.42. The minimum absolute atomic E-state index is 0.00798. The molecular formula is C19H15F2N3O3. The first kappa shape index (κ1) is 18.4. The number of methoxy groups -OCH3 is 1. The van der Waals surface area contributed by atoms with E-state index in [1.165, 1.54) is 13.3 Å². The highest BCUT2D eigenvalue weighted by Crippen LogP contribution is 2.12. The number of rotatable bonds is 5. The first-order valence-corrected chi connectivity index (χ1v) is 8.01. The average Bonchev–Trinajstić information content (AvgIpc) is 2.66. The van der Waals surface area contributed by atoms with Crippen LogP contribution in [0.1, 0.15) is 16.1 Å². The Hall–Kier alpha value is -3.42. The molecule has 0 unspecified atom stereocenters. The van der Waals surface area contributed by atoms with Crippen molar-refractivity contribution in [2.75, 3.05) is 7.11 Å². The molecule has 3 rings (SSSR count). The van der Waals surface area contributed by atoms with Crippen LogP contribution in [0, 0.1) is 11.6 Å². The maximum atomic E-state index is 13.3. The number of hydrogen-bond donors (Lipinski definition) is 1. The van der Waals surface area contributed by atoms with Crippen LogP contribution in [0.4, 0.5) is 8.78 Å². The van der Waals surface area contributed by atoms with Crippen molar-refractivity contribution in [2.45, 2.75) is 12.5 Å². The van der Waals surface area contributed by atoms with Gasteiger partial charge in [0.1, 0.15) is 17.7 Å². The van der Waals surface area contributed by atoms with E-state index < -0.39 is 29.6 Å². The van der Waals surface area contributed by atoms with E-state index in [1.54, 1.807) is 18.2 Å². The maximum absolute atomic E-state index is 13.3. The predicted molar refractivity (Wildman–Crippen MR) is 92.9 cm³/mol. The van der Waals surface area contributed by atoms with Gasteiger partial charge in [0.2, 0.25) is 0 Å². The molecular weight excluding hydrogens is 356 g/mol. The second-order valence-electron chi connectivity index (χ2n) is 5.76. The molecule has 1 N–H and O–H groups in total. The summed E-state index contributed by atoms with van der Waals surface area (Å²) < 4.78 is 31.3. The van der Waals surface area contributed by atoms with E-state index in [0.717, 1.165) is 12.1 Å². The SMILES string of the molecule is COC(=O)[C@@H](Cc1cnc2ccccc2n1)NC(=O)c1cc(F)cc(F)c1. The number of fused-ring (bicyclic) bond motifs is 1. The highest BCUT2D eigenvalue weighted by atomic mass is 19.1. The summed E-state index contributed by atoms with van der Waals surface area (Å²) in [6, 6.07) is 8.51. The van der Waals surface area contributed by atoms with Crippen LogP contribution in [0.25, 0.3) is 11.0 Å². The third kappa shape index (κ3) is 4.41. The van der Waals surface area contributed by atoms with Gasteiger partial charge in [0, 0.05) is 24.2 Å². The van der Waals surface area contributed by atoms with Crippen LogP contribution in [-0.2, 0) is 16.0 Å². The van der Waals surface area contributed by atoms with Crippen molar-refractivity contribution in [1.82, 2.24) is 15.3 Å². The van der Waals surface area contributed by atoms with Gasteiger partial charge in [0.15, 0.2) is 0 Å². The molecule has 138 valence electrons. The number of carbonyl (C=O) groups is 2. The van der Waals surface area contributed by atoms with Gasteiger partial charge in [-0.1, -0.05) is 12.1 Å². The molecule has 1 heterocycles. The fourth-order valence-corrected chi connectivity index (χ4v) is 2.57. The summed E-state index contributed by atoms with van der Waals surface area (Å²) in [5.74, 6) is -3.31. The van der Waals surface area contributed by atoms with Gasteiger partial charge in [0.05, 0.1) is 23.8 Å². The summed E-state index contributed by atoms with van der Waals surface area (Å²) in [5.41, 5.74) is 1.54. The Kier molecular flexibility index (Phi) is 5.35. The lowest BCUT2D eigenvalue weighted by Gasteiger charge is -2.16. The minimum Gasteiger partial charge on any atom is -0.467 e. The van der Waals surface area contributed by atoms with Crippen molar-refractivity contribution in [3.8, 4) is 0 Å². The molecule has 0 aliphatic carbocycles. The molecule has 0 aliphatic heterocycles.